The van der Waals surface area contributed by atoms with Crippen LogP contribution >= 0.6 is 0 Å². The number of rotatable bonds is 9. The minimum atomic E-state index is -5.08. The number of carboxylic acids is 1. The molecular formula is C28H33F4N3O6S. The van der Waals surface area contributed by atoms with Gasteiger partial charge in [0.15, 0.2) is 9.84 Å². The second-order valence-electron chi connectivity index (χ2n) is 10.6. The first kappa shape index (κ1) is 33.0. The van der Waals surface area contributed by atoms with Gasteiger partial charge >= 0.3 is 12.1 Å². The molecule has 2 aliphatic rings. The van der Waals surface area contributed by atoms with Crippen molar-refractivity contribution in [3.63, 3.8) is 0 Å². The molecule has 14 heteroatoms. The lowest BCUT2D eigenvalue weighted by Gasteiger charge is -2.40. The lowest BCUT2D eigenvalue weighted by Crippen LogP contribution is -2.47. The van der Waals surface area contributed by atoms with Gasteiger partial charge in [-0.25, -0.2) is 17.6 Å². The van der Waals surface area contributed by atoms with Crippen LogP contribution in [0.5, 0.6) is 0 Å². The van der Waals surface area contributed by atoms with Gasteiger partial charge in [0.1, 0.15) is 11.6 Å². The van der Waals surface area contributed by atoms with E-state index >= 15 is 0 Å². The molecule has 2 heterocycles. The average molecular weight is 616 g/mol. The maximum Gasteiger partial charge on any atom is 0.490 e. The Morgan fingerprint density at radius 3 is 2.12 bits per heavy atom. The molecule has 2 unspecified atom stereocenters. The van der Waals surface area contributed by atoms with Gasteiger partial charge in [-0.2, -0.15) is 13.2 Å². The fraction of sp³-hybridized carbons (Fsp3) is 0.464. The van der Waals surface area contributed by atoms with E-state index < -0.39 is 39.6 Å². The van der Waals surface area contributed by atoms with E-state index in [-0.39, 0.29) is 12.4 Å². The zero-order valence-electron chi connectivity index (χ0n) is 22.9. The number of halogens is 4. The third-order valence-electron chi connectivity index (χ3n) is 7.42. The average Bonchev–Trinajstić information content (AvgIpc) is 3.12. The number of piperidine rings is 1. The lowest BCUT2D eigenvalue weighted by atomic mass is 9.84. The van der Waals surface area contributed by atoms with Crippen LogP contribution in [0.15, 0.2) is 48.5 Å². The normalized spacial score (nSPS) is 20.4. The Hall–Kier alpha value is -3.52. The Balaban J connectivity index is 0.000000616. The fourth-order valence-corrected chi connectivity index (χ4v) is 6.14. The van der Waals surface area contributed by atoms with Crippen molar-refractivity contribution < 1.29 is 45.5 Å². The molecule has 2 amide bonds. The number of benzene rings is 2. The van der Waals surface area contributed by atoms with Crippen LogP contribution in [0.1, 0.15) is 53.1 Å². The molecule has 42 heavy (non-hydrogen) atoms. The topological polar surface area (TPSA) is 138 Å². The van der Waals surface area contributed by atoms with E-state index in [1.54, 1.807) is 23.1 Å². The predicted molar refractivity (Wildman–Crippen MR) is 146 cm³/mol. The summed E-state index contributed by atoms with van der Waals surface area (Å²) >= 11 is 0. The van der Waals surface area contributed by atoms with Crippen LogP contribution in [0.2, 0.25) is 0 Å². The van der Waals surface area contributed by atoms with Gasteiger partial charge in [-0.15, -0.1) is 0 Å². The van der Waals surface area contributed by atoms with Crippen LogP contribution in [0.3, 0.4) is 0 Å². The van der Waals surface area contributed by atoms with Gasteiger partial charge in [0.05, 0.1) is 0 Å². The molecule has 0 radical (unpaired) electrons. The Bertz CT molecular complexity index is 1370. The minimum absolute atomic E-state index is 0.236. The number of amides is 2. The molecule has 4 rings (SSSR count). The summed E-state index contributed by atoms with van der Waals surface area (Å²) in [6.45, 7) is 1.29. The highest BCUT2D eigenvalue weighted by atomic mass is 32.2. The molecule has 3 N–H and O–H groups in total. The third-order valence-corrected chi connectivity index (χ3v) is 8.19. The second-order valence-corrected chi connectivity index (χ2v) is 12.7. The summed E-state index contributed by atoms with van der Waals surface area (Å²) < 4.78 is 68.6. The third kappa shape index (κ3) is 9.51. The molecule has 0 saturated carbocycles. The van der Waals surface area contributed by atoms with Crippen LogP contribution < -0.4 is 5.73 Å². The van der Waals surface area contributed by atoms with Crippen LogP contribution in [-0.4, -0.2) is 84.5 Å². The molecule has 9 nitrogen and oxygen atoms in total. The number of alkyl halides is 3. The molecule has 230 valence electrons. The standard InChI is InChI=1S/C26H32FN3O4S.C2HF3O2/c1-35(33,34)17-25(31)29(16-18-5-7-22(27)8-6-18)11-12-30-23-9-10-24(30)15-21(14-23)19-3-2-4-20(13-19)26(28)32;3-2(4,5)1(6)7/h2-8,13,21,23-24H,9-12,14-17H2,1H3,(H2,28,32);(H,6,7). The van der Waals surface area contributed by atoms with Gasteiger partial charge in [-0.1, -0.05) is 24.3 Å². The summed E-state index contributed by atoms with van der Waals surface area (Å²) in [7, 11) is -3.47. The van der Waals surface area contributed by atoms with E-state index in [4.69, 9.17) is 15.6 Å². The van der Waals surface area contributed by atoms with E-state index in [2.05, 4.69) is 11.0 Å². The largest absolute Gasteiger partial charge is 0.490 e. The van der Waals surface area contributed by atoms with E-state index in [9.17, 15) is 35.6 Å². The number of hydrogen-bond donors (Lipinski definition) is 2. The Labute approximate surface area is 241 Å². The van der Waals surface area contributed by atoms with Gasteiger partial charge in [-0.3, -0.25) is 14.5 Å². The number of aliphatic carboxylic acids is 1. The highest BCUT2D eigenvalue weighted by molar-refractivity contribution is 7.91. The molecule has 2 fully saturated rings. The highest BCUT2D eigenvalue weighted by Gasteiger charge is 2.41. The van der Waals surface area contributed by atoms with Crippen LogP contribution in [-0.2, 0) is 26.0 Å². The number of nitrogens with two attached hydrogens (primary N) is 1. The molecule has 0 aromatic heterocycles. The summed E-state index contributed by atoms with van der Waals surface area (Å²) in [5.74, 6) is -4.17. The summed E-state index contributed by atoms with van der Waals surface area (Å²) in [6.07, 6.45) is 0.0545. The first-order valence-electron chi connectivity index (χ1n) is 13.2. The lowest BCUT2D eigenvalue weighted by molar-refractivity contribution is -0.192. The van der Waals surface area contributed by atoms with Gasteiger partial charge < -0.3 is 15.7 Å². The van der Waals surface area contributed by atoms with Crippen molar-refractivity contribution in [3.8, 4) is 0 Å². The van der Waals surface area contributed by atoms with Gasteiger partial charge in [0.2, 0.25) is 11.8 Å². The molecule has 2 saturated heterocycles. The molecule has 2 aliphatic heterocycles. The van der Waals surface area contributed by atoms with E-state index in [1.165, 1.54) is 12.1 Å². The molecule has 2 atom stereocenters. The minimum Gasteiger partial charge on any atom is -0.475 e. The summed E-state index contributed by atoms with van der Waals surface area (Å²) in [6, 6.07) is 14.2. The number of sulfone groups is 1. The van der Waals surface area contributed by atoms with Crippen LogP contribution in [0.4, 0.5) is 17.6 Å². The number of fused-ring (bicyclic) bond motifs is 2. The molecule has 0 aliphatic carbocycles. The van der Waals surface area contributed by atoms with Gasteiger partial charge in [0.25, 0.3) is 0 Å². The van der Waals surface area contributed by atoms with Crippen molar-refractivity contribution in [1.82, 2.24) is 9.80 Å². The molecule has 2 aromatic rings. The number of carboxylic acid groups (broad SMARTS) is 1. The summed E-state index contributed by atoms with van der Waals surface area (Å²) in [5.41, 5.74) is 7.88. The molecule has 2 aromatic carbocycles. The first-order chi connectivity index (χ1) is 19.5. The SMILES string of the molecule is CS(=O)(=O)CC(=O)N(CCN1C2CCC1CC(c1cccc(C(N)=O)c1)C2)Cc1ccc(F)cc1.O=C(O)C(F)(F)F. The quantitative estimate of drug-likeness (QED) is 0.413. The molecule has 0 spiro atoms. The Morgan fingerprint density at radius 1 is 1.05 bits per heavy atom. The number of nitrogens with zero attached hydrogens (tertiary/aromatic N) is 2. The number of carbonyl (C=O) groups is 3. The van der Waals surface area contributed by atoms with Gasteiger partial charge in [-0.05, 0) is 67.0 Å². The Kier molecular flexibility index (Phi) is 10.7. The second kappa shape index (κ2) is 13.6. The van der Waals surface area contributed by atoms with E-state index in [0.717, 1.165) is 43.1 Å². The first-order valence-corrected chi connectivity index (χ1v) is 15.2. The van der Waals surface area contributed by atoms with E-state index in [1.807, 2.05) is 12.1 Å². The van der Waals surface area contributed by atoms with Crippen molar-refractivity contribution in [2.24, 2.45) is 5.73 Å². The monoisotopic (exact) mass is 615 g/mol. The predicted octanol–water partition coefficient (Wildman–Crippen LogP) is 3.34. The summed E-state index contributed by atoms with van der Waals surface area (Å²) in [5, 5.41) is 7.12. The highest BCUT2D eigenvalue weighted by Crippen LogP contribution is 2.43. The number of primary amides is 1. The maximum absolute atomic E-state index is 13.3. The summed E-state index contributed by atoms with van der Waals surface area (Å²) in [4.78, 5) is 37.3. The number of hydrogen-bond acceptors (Lipinski definition) is 6. The van der Waals surface area contributed by atoms with Crippen molar-refractivity contribution in [2.45, 2.75) is 56.4 Å². The molecule has 2 bridgehead atoms. The number of carbonyl (C=O) groups excluding carboxylic acids is 2. The van der Waals surface area contributed by atoms with Crippen molar-refractivity contribution in [3.05, 3.63) is 71.0 Å². The van der Waals surface area contributed by atoms with Gasteiger partial charge in [0, 0.05) is 43.5 Å². The van der Waals surface area contributed by atoms with Crippen molar-refractivity contribution >= 4 is 27.6 Å². The van der Waals surface area contributed by atoms with Crippen LogP contribution in [0, 0.1) is 5.82 Å². The molecular weight excluding hydrogens is 582 g/mol. The van der Waals surface area contributed by atoms with Crippen molar-refractivity contribution in [2.75, 3.05) is 25.1 Å². The van der Waals surface area contributed by atoms with Crippen molar-refractivity contribution in [1.29, 1.82) is 0 Å². The Morgan fingerprint density at radius 2 is 1.62 bits per heavy atom. The zero-order valence-corrected chi connectivity index (χ0v) is 23.7. The zero-order chi connectivity index (χ0) is 31.2. The van der Waals surface area contributed by atoms with E-state index in [0.29, 0.717) is 36.7 Å². The maximum atomic E-state index is 13.3. The fourth-order valence-electron chi connectivity index (χ4n) is 5.51. The van der Waals surface area contributed by atoms with Crippen LogP contribution in [0.25, 0.3) is 0 Å². The smallest absolute Gasteiger partial charge is 0.475 e.